The quantitative estimate of drug-likeness (QED) is 0.641. The van der Waals surface area contributed by atoms with Crippen molar-refractivity contribution in [2.75, 3.05) is 13.6 Å². The predicted octanol–water partition coefficient (Wildman–Crippen LogP) is -0.551. The van der Waals surface area contributed by atoms with Gasteiger partial charge in [-0.1, -0.05) is 5.10 Å². The fourth-order valence-corrected chi connectivity index (χ4v) is 0.719. The van der Waals surface area contributed by atoms with Crippen molar-refractivity contribution < 1.29 is 0 Å². The predicted molar refractivity (Wildman–Crippen MR) is 37.6 cm³/mol. The van der Waals surface area contributed by atoms with Gasteiger partial charge in [0, 0.05) is 6.54 Å². The molecule has 1 heterocycles. The van der Waals surface area contributed by atoms with E-state index in [9.17, 15) is 0 Å². The van der Waals surface area contributed by atoms with Crippen molar-refractivity contribution in [1.29, 1.82) is 0 Å². The smallest absolute Gasteiger partial charge is 0.240 e. The number of aromatic nitrogens is 4. The van der Waals surface area contributed by atoms with Crippen molar-refractivity contribution in [2.24, 2.45) is 0 Å². The number of tetrazole rings is 1. The van der Waals surface area contributed by atoms with Crippen molar-refractivity contribution in [1.82, 2.24) is 25.5 Å². The van der Waals surface area contributed by atoms with Crippen molar-refractivity contribution in [3.63, 3.8) is 0 Å². The summed E-state index contributed by atoms with van der Waals surface area (Å²) in [4.78, 5) is 0. The molecule has 0 aliphatic rings. The molecule has 1 rings (SSSR count). The highest BCUT2D eigenvalue weighted by Crippen LogP contribution is 1.94. The fraction of sp³-hybridized carbons (Fsp3) is 0.750. The third-order valence-corrected chi connectivity index (χ3v) is 1.37. The highest BCUT2D eigenvalue weighted by molar-refractivity contribution is 7.80. The van der Waals surface area contributed by atoms with Gasteiger partial charge in [-0.05, 0) is 30.1 Å². The summed E-state index contributed by atoms with van der Waals surface area (Å²) in [6.45, 7) is 1.55. The molecular formula is C4H8N5S. The SMILES string of the molecule is CNCCn1nnnc1[S]. The number of hydrogen-bond acceptors (Lipinski definition) is 4. The van der Waals surface area contributed by atoms with Crippen LogP contribution in [0.4, 0.5) is 0 Å². The molecule has 1 radical (unpaired) electrons. The maximum Gasteiger partial charge on any atom is 0.240 e. The van der Waals surface area contributed by atoms with Crippen LogP contribution < -0.4 is 5.32 Å². The van der Waals surface area contributed by atoms with Crippen LogP contribution in [0.25, 0.3) is 0 Å². The molecule has 0 saturated carbocycles. The average molecular weight is 158 g/mol. The van der Waals surface area contributed by atoms with Gasteiger partial charge >= 0.3 is 0 Å². The van der Waals surface area contributed by atoms with Gasteiger partial charge in [0.05, 0.1) is 6.54 Å². The molecule has 0 fully saturated rings. The summed E-state index contributed by atoms with van der Waals surface area (Å²) in [5, 5.41) is 14.0. The molecule has 0 bridgehead atoms. The van der Waals surface area contributed by atoms with Gasteiger partial charge < -0.3 is 5.32 Å². The summed E-state index contributed by atoms with van der Waals surface area (Å²) >= 11 is 4.80. The molecule has 1 aromatic heterocycles. The Kier molecular flexibility index (Phi) is 2.52. The largest absolute Gasteiger partial charge is 0.318 e. The second-order valence-electron chi connectivity index (χ2n) is 1.79. The first-order valence-electron chi connectivity index (χ1n) is 2.92. The van der Waals surface area contributed by atoms with Gasteiger partial charge in [0.25, 0.3) is 0 Å². The van der Waals surface area contributed by atoms with Gasteiger partial charge in [0.1, 0.15) is 0 Å². The van der Waals surface area contributed by atoms with Crippen molar-refractivity contribution in [3.05, 3.63) is 0 Å². The highest BCUT2D eigenvalue weighted by Gasteiger charge is 1.98. The Hall–Kier alpha value is -0.750. The van der Waals surface area contributed by atoms with Crippen LogP contribution in [0, 0.1) is 0 Å². The van der Waals surface area contributed by atoms with Crippen LogP contribution in [-0.4, -0.2) is 33.8 Å². The molecule has 1 N–H and O–H groups in total. The number of rotatable bonds is 3. The van der Waals surface area contributed by atoms with Gasteiger partial charge in [-0.25, -0.2) is 4.68 Å². The third-order valence-electron chi connectivity index (χ3n) is 1.07. The summed E-state index contributed by atoms with van der Waals surface area (Å²) in [5.41, 5.74) is 0. The average Bonchev–Trinajstić information content (AvgIpc) is 2.31. The van der Waals surface area contributed by atoms with E-state index >= 15 is 0 Å². The van der Waals surface area contributed by atoms with Crippen molar-refractivity contribution >= 4 is 12.6 Å². The van der Waals surface area contributed by atoms with E-state index in [0.717, 1.165) is 13.1 Å². The monoisotopic (exact) mass is 158 g/mol. The summed E-state index contributed by atoms with van der Waals surface area (Å²) < 4.78 is 1.58. The number of likely N-dealkylation sites (N-methyl/N-ethyl adjacent to an activating group) is 1. The zero-order valence-electron chi connectivity index (χ0n) is 5.61. The fourth-order valence-electron chi connectivity index (χ4n) is 0.554. The number of nitrogens with zero attached hydrogens (tertiary/aromatic N) is 4. The second kappa shape index (κ2) is 3.43. The number of hydrogen-bond donors (Lipinski definition) is 1. The van der Waals surface area contributed by atoms with Crippen molar-refractivity contribution in [2.45, 2.75) is 11.7 Å². The third kappa shape index (κ3) is 1.61. The van der Waals surface area contributed by atoms with E-state index in [1.165, 1.54) is 0 Å². The van der Waals surface area contributed by atoms with E-state index in [1.54, 1.807) is 4.68 Å². The first-order chi connectivity index (χ1) is 4.84. The van der Waals surface area contributed by atoms with E-state index in [-0.39, 0.29) is 0 Å². The molecule has 0 spiro atoms. The molecule has 0 aromatic carbocycles. The lowest BCUT2D eigenvalue weighted by atomic mass is 10.6. The molecule has 0 aliphatic heterocycles. The summed E-state index contributed by atoms with van der Waals surface area (Å²) in [5.74, 6) is 0. The Balaban J connectivity index is 2.49. The summed E-state index contributed by atoms with van der Waals surface area (Å²) in [6, 6.07) is 0. The Morgan fingerprint density at radius 2 is 2.50 bits per heavy atom. The van der Waals surface area contributed by atoms with Crippen LogP contribution >= 0.6 is 12.6 Å². The Morgan fingerprint density at radius 3 is 3.00 bits per heavy atom. The minimum absolute atomic E-state index is 0.440. The molecule has 0 aliphatic carbocycles. The molecule has 1 aromatic rings. The van der Waals surface area contributed by atoms with Gasteiger partial charge in [-0.15, -0.1) is 0 Å². The minimum Gasteiger partial charge on any atom is -0.318 e. The van der Waals surface area contributed by atoms with Crippen LogP contribution in [0.2, 0.25) is 0 Å². The highest BCUT2D eigenvalue weighted by atomic mass is 32.1. The van der Waals surface area contributed by atoms with E-state index in [0.29, 0.717) is 5.16 Å². The van der Waals surface area contributed by atoms with Gasteiger partial charge in [-0.2, -0.15) is 0 Å². The van der Waals surface area contributed by atoms with Crippen molar-refractivity contribution in [3.8, 4) is 0 Å². The molecule has 0 saturated heterocycles. The molecule has 55 valence electrons. The maximum absolute atomic E-state index is 4.80. The molecule has 0 unspecified atom stereocenters. The zero-order chi connectivity index (χ0) is 7.40. The first-order valence-corrected chi connectivity index (χ1v) is 3.33. The Morgan fingerprint density at radius 1 is 1.70 bits per heavy atom. The zero-order valence-corrected chi connectivity index (χ0v) is 6.43. The van der Waals surface area contributed by atoms with Gasteiger partial charge in [0.2, 0.25) is 5.16 Å². The standard InChI is InChI=1S/C4H8N5S/c1-5-2-3-9-4(10)6-7-8-9/h5H,2-3H2,1H3. The molecule has 10 heavy (non-hydrogen) atoms. The Labute approximate surface area is 64.2 Å². The van der Waals surface area contributed by atoms with Gasteiger partial charge in [-0.3, -0.25) is 0 Å². The number of nitrogens with one attached hydrogen (secondary N) is 1. The lowest BCUT2D eigenvalue weighted by Crippen LogP contribution is -2.16. The summed E-state index contributed by atoms with van der Waals surface area (Å²) in [6.07, 6.45) is 0. The molecule has 0 amide bonds. The molecule has 0 atom stereocenters. The molecule has 6 heteroatoms. The van der Waals surface area contributed by atoms with E-state index in [1.807, 2.05) is 7.05 Å². The van der Waals surface area contributed by atoms with Gasteiger partial charge in [0.15, 0.2) is 0 Å². The first kappa shape index (κ1) is 7.36. The summed E-state index contributed by atoms with van der Waals surface area (Å²) in [7, 11) is 1.87. The van der Waals surface area contributed by atoms with Crippen LogP contribution in [0.3, 0.4) is 0 Å². The lowest BCUT2D eigenvalue weighted by Gasteiger charge is -1.97. The van der Waals surface area contributed by atoms with Crippen LogP contribution in [-0.2, 0) is 6.54 Å². The van der Waals surface area contributed by atoms with Crippen LogP contribution in [0.15, 0.2) is 5.16 Å². The van der Waals surface area contributed by atoms with E-state index < -0.39 is 0 Å². The van der Waals surface area contributed by atoms with Crippen LogP contribution in [0.5, 0.6) is 0 Å². The maximum atomic E-state index is 4.80. The van der Waals surface area contributed by atoms with E-state index in [2.05, 4.69) is 20.8 Å². The van der Waals surface area contributed by atoms with E-state index in [4.69, 9.17) is 12.6 Å². The lowest BCUT2D eigenvalue weighted by molar-refractivity contribution is 0.531. The topological polar surface area (TPSA) is 55.6 Å². The Bertz CT molecular complexity index is 197. The second-order valence-corrected chi connectivity index (χ2v) is 2.15. The molecule has 5 nitrogen and oxygen atoms in total. The van der Waals surface area contributed by atoms with Crippen LogP contribution in [0.1, 0.15) is 0 Å². The minimum atomic E-state index is 0.440. The normalized spacial score (nSPS) is 10.1. The molecular weight excluding hydrogens is 150 g/mol.